The molecule has 2 aliphatic heterocycles. The van der Waals surface area contributed by atoms with Gasteiger partial charge in [-0.05, 0) is 30.8 Å². The van der Waals surface area contributed by atoms with Crippen LogP contribution in [0.1, 0.15) is 6.92 Å². The molecule has 0 N–H and O–H groups in total. The number of methoxy groups -OCH3 is 1. The van der Waals surface area contributed by atoms with Gasteiger partial charge in [0.15, 0.2) is 0 Å². The third kappa shape index (κ3) is 8.71. The second-order valence-electron chi connectivity index (χ2n) is 10.3. The lowest BCUT2D eigenvalue weighted by Crippen LogP contribution is -2.47. The van der Waals surface area contributed by atoms with Crippen LogP contribution in [0.2, 0.25) is 10.0 Å². The van der Waals surface area contributed by atoms with E-state index in [1.54, 1.807) is 18.1 Å². The molecule has 2 fully saturated rings. The number of nitrogens with zero attached hydrogens (tertiary/aromatic N) is 4. The van der Waals surface area contributed by atoms with Crippen molar-refractivity contribution in [3.05, 3.63) is 46.4 Å². The van der Waals surface area contributed by atoms with E-state index in [1.807, 2.05) is 11.8 Å². The highest BCUT2D eigenvalue weighted by Gasteiger charge is 2.49. The summed E-state index contributed by atoms with van der Waals surface area (Å²) in [6.45, 7) is 9.42. The standard InChI is InChI=1S/C14H18ClF3N2O3S.C13H16ClF3N2O2S/c1-23-10-9-19-5-7-20(8-6-19)11-3-2-4-12(13(11)15)24(21,22)14(16,17)18;1-2-18-6-8-19(9-7-18)10-4-3-5-11(12(10)14)22(20,21)13(15,16)17/h2-4H,5-10H2,1H3;3-5H,2,6-9H2,1H3. The summed E-state index contributed by atoms with van der Waals surface area (Å²) >= 11 is 12.0. The minimum absolute atomic E-state index is 0.299. The summed E-state index contributed by atoms with van der Waals surface area (Å²) < 4.78 is 128. The van der Waals surface area contributed by atoms with Crippen molar-refractivity contribution in [3.8, 4) is 0 Å². The Bertz CT molecular complexity index is 1550. The first-order chi connectivity index (χ1) is 21.4. The zero-order valence-corrected chi connectivity index (χ0v) is 28.1. The van der Waals surface area contributed by atoms with Crippen LogP contribution in [0.25, 0.3) is 0 Å². The van der Waals surface area contributed by atoms with Gasteiger partial charge in [-0.15, -0.1) is 0 Å². The van der Waals surface area contributed by atoms with Crippen molar-refractivity contribution in [1.29, 1.82) is 0 Å². The minimum atomic E-state index is -5.48. The molecule has 4 rings (SSSR count). The molecule has 2 heterocycles. The Kier molecular flexibility index (Phi) is 12.9. The van der Waals surface area contributed by atoms with Crippen molar-refractivity contribution < 1.29 is 47.9 Å². The number of ether oxygens (including phenoxy) is 1. The molecule has 0 bridgehead atoms. The zero-order valence-electron chi connectivity index (χ0n) is 24.9. The lowest BCUT2D eigenvalue weighted by Gasteiger charge is -2.36. The fourth-order valence-electron chi connectivity index (χ4n) is 4.89. The van der Waals surface area contributed by atoms with Crippen molar-refractivity contribution >= 4 is 54.3 Å². The van der Waals surface area contributed by atoms with Gasteiger partial charge < -0.3 is 19.4 Å². The van der Waals surface area contributed by atoms with Crippen LogP contribution in [-0.4, -0.2) is 117 Å². The molecular formula is C27H34Cl2F6N4O5S2. The topological polar surface area (TPSA) is 90.5 Å². The first kappa shape index (κ1) is 38.4. The number of anilines is 2. The minimum Gasteiger partial charge on any atom is -0.383 e. The van der Waals surface area contributed by atoms with Crippen molar-refractivity contribution in [2.24, 2.45) is 0 Å². The number of sulfone groups is 2. The summed E-state index contributed by atoms with van der Waals surface area (Å²) in [6.07, 6.45) is 0. The Morgan fingerprint density at radius 2 is 1.04 bits per heavy atom. The number of hydrogen-bond donors (Lipinski definition) is 0. The van der Waals surface area contributed by atoms with Gasteiger partial charge in [-0.1, -0.05) is 42.3 Å². The second kappa shape index (κ2) is 15.5. The maximum absolute atomic E-state index is 12.8. The van der Waals surface area contributed by atoms with Crippen LogP contribution in [-0.2, 0) is 24.4 Å². The normalized spacial score (nSPS) is 17.5. The third-order valence-electron chi connectivity index (χ3n) is 7.56. The van der Waals surface area contributed by atoms with Crippen LogP contribution in [0.5, 0.6) is 0 Å². The van der Waals surface area contributed by atoms with Gasteiger partial charge in [0.1, 0.15) is 0 Å². The molecular weight excluding hydrogens is 709 g/mol. The quantitative estimate of drug-likeness (QED) is 0.340. The van der Waals surface area contributed by atoms with Gasteiger partial charge in [0.25, 0.3) is 19.7 Å². The Labute approximate surface area is 274 Å². The molecule has 46 heavy (non-hydrogen) atoms. The summed E-state index contributed by atoms with van der Waals surface area (Å²) in [5.41, 5.74) is -10.1. The highest BCUT2D eigenvalue weighted by atomic mass is 35.5. The van der Waals surface area contributed by atoms with Gasteiger partial charge in [-0.3, -0.25) is 4.90 Å². The molecule has 9 nitrogen and oxygen atoms in total. The van der Waals surface area contributed by atoms with E-state index in [9.17, 15) is 43.2 Å². The summed E-state index contributed by atoms with van der Waals surface area (Å²) in [4.78, 5) is 6.16. The smallest absolute Gasteiger partial charge is 0.383 e. The first-order valence-electron chi connectivity index (χ1n) is 14.0. The summed E-state index contributed by atoms with van der Waals surface area (Å²) in [6, 6.07) is 7.39. The molecule has 0 radical (unpaired) electrons. The molecule has 2 saturated heterocycles. The average Bonchev–Trinajstić information content (AvgIpc) is 2.99. The lowest BCUT2D eigenvalue weighted by molar-refractivity contribution is -0.0442. The van der Waals surface area contributed by atoms with Gasteiger partial charge in [0.05, 0.1) is 37.8 Å². The maximum atomic E-state index is 12.8. The molecule has 260 valence electrons. The van der Waals surface area contributed by atoms with E-state index in [0.717, 1.165) is 38.3 Å². The molecule has 2 aliphatic rings. The zero-order chi connectivity index (χ0) is 34.5. The number of likely N-dealkylation sites (N-methyl/N-ethyl adjacent to an activating group) is 1. The fourth-order valence-corrected chi connectivity index (χ4v) is 7.68. The van der Waals surface area contributed by atoms with E-state index in [1.165, 1.54) is 18.2 Å². The van der Waals surface area contributed by atoms with Crippen LogP contribution in [0.15, 0.2) is 46.2 Å². The van der Waals surface area contributed by atoms with E-state index in [-0.39, 0.29) is 10.0 Å². The molecule has 2 aromatic rings. The Balaban J connectivity index is 0.000000251. The second-order valence-corrected chi connectivity index (χ2v) is 14.9. The van der Waals surface area contributed by atoms with Crippen LogP contribution in [0.4, 0.5) is 37.7 Å². The predicted octanol–water partition coefficient (Wildman–Crippen LogP) is 5.18. The van der Waals surface area contributed by atoms with Crippen molar-refractivity contribution in [2.45, 2.75) is 27.7 Å². The van der Waals surface area contributed by atoms with E-state index >= 15 is 0 Å². The van der Waals surface area contributed by atoms with Gasteiger partial charge in [-0.25, -0.2) is 16.8 Å². The molecule has 0 aliphatic carbocycles. The van der Waals surface area contributed by atoms with Crippen LogP contribution < -0.4 is 9.80 Å². The molecule has 0 aromatic heterocycles. The fraction of sp³-hybridized carbons (Fsp3) is 0.556. The SMILES string of the molecule is CCN1CCN(c2cccc(S(=O)(=O)C(F)(F)F)c2Cl)CC1.COCCN1CCN(c2cccc(S(=O)(=O)C(F)(F)F)c2Cl)CC1. The van der Waals surface area contributed by atoms with Gasteiger partial charge in [0.2, 0.25) is 0 Å². The van der Waals surface area contributed by atoms with E-state index in [0.29, 0.717) is 57.3 Å². The Morgan fingerprint density at radius 3 is 1.37 bits per heavy atom. The number of piperazine rings is 2. The lowest BCUT2D eigenvalue weighted by atomic mass is 10.2. The average molecular weight is 744 g/mol. The third-order valence-corrected chi connectivity index (χ3v) is 11.6. The van der Waals surface area contributed by atoms with Crippen LogP contribution in [0.3, 0.4) is 0 Å². The van der Waals surface area contributed by atoms with Crippen molar-refractivity contribution in [2.75, 3.05) is 89.0 Å². The molecule has 0 unspecified atom stereocenters. The molecule has 19 heteroatoms. The Hall–Kier alpha value is -2.02. The molecule has 0 amide bonds. The maximum Gasteiger partial charge on any atom is 0.501 e. The molecule has 0 spiro atoms. The number of rotatable bonds is 8. The highest BCUT2D eigenvalue weighted by molar-refractivity contribution is 7.92. The number of halogens is 8. The van der Waals surface area contributed by atoms with Gasteiger partial charge in [0, 0.05) is 66.0 Å². The number of benzene rings is 2. The first-order valence-corrected chi connectivity index (χ1v) is 17.7. The monoisotopic (exact) mass is 742 g/mol. The van der Waals surface area contributed by atoms with Crippen molar-refractivity contribution in [1.82, 2.24) is 9.80 Å². The summed E-state index contributed by atoms with van der Waals surface area (Å²) in [5, 5.41) is -0.759. The summed E-state index contributed by atoms with van der Waals surface area (Å²) in [5.74, 6) is 0. The predicted molar refractivity (Wildman–Crippen MR) is 164 cm³/mol. The Morgan fingerprint density at radius 1 is 0.674 bits per heavy atom. The van der Waals surface area contributed by atoms with E-state index in [4.69, 9.17) is 27.9 Å². The largest absolute Gasteiger partial charge is 0.501 e. The molecule has 0 saturated carbocycles. The van der Waals surface area contributed by atoms with E-state index in [2.05, 4.69) is 9.80 Å². The van der Waals surface area contributed by atoms with E-state index < -0.39 is 40.5 Å². The van der Waals surface area contributed by atoms with Crippen LogP contribution >= 0.6 is 23.2 Å². The molecule has 0 atom stereocenters. The number of hydrogen-bond acceptors (Lipinski definition) is 9. The highest BCUT2D eigenvalue weighted by Crippen LogP contribution is 2.40. The van der Waals surface area contributed by atoms with Crippen molar-refractivity contribution in [3.63, 3.8) is 0 Å². The summed E-state index contributed by atoms with van der Waals surface area (Å²) in [7, 11) is -9.32. The van der Waals surface area contributed by atoms with Crippen LogP contribution in [0, 0.1) is 0 Å². The molecule has 2 aromatic carbocycles. The van der Waals surface area contributed by atoms with Gasteiger partial charge in [-0.2, -0.15) is 26.3 Å². The van der Waals surface area contributed by atoms with Gasteiger partial charge >= 0.3 is 11.0 Å². The number of alkyl halides is 6.